The predicted octanol–water partition coefficient (Wildman–Crippen LogP) is 3.51. The first-order valence-electron chi connectivity index (χ1n) is 9.07. The zero-order valence-electron chi connectivity index (χ0n) is 16.9. The molecular weight excluding hydrogens is 360 g/mol. The van der Waals surface area contributed by atoms with Gasteiger partial charge in [-0.1, -0.05) is 12.1 Å². The van der Waals surface area contributed by atoms with Gasteiger partial charge < -0.3 is 14.5 Å². The zero-order chi connectivity index (χ0) is 20.8. The molecule has 28 heavy (non-hydrogen) atoms. The lowest BCUT2D eigenvalue weighted by molar-refractivity contribution is -0.131. The van der Waals surface area contributed by atoms with Crippen molar-refractivity contribution < 1.29 is 23.5 Å². The number of ether oxygens (including phenoxy) is 1. The van der Waals surface area contributed by atoms with Gasteiger partial charge in [0.05, 0.1) is 11.4 Å². The first-order chi connectivity index (χ1) is 13.1. The SMILES string of the molecule is Cc1oc(C)c(C(=O)O[C@@H](C)C(=O)N2c3ccccc3NC(=O)C2(C)C)c1C. The van der Waals surface area contributed by atoms with Crippen LogP contribution in [0.5, 0.6) is 0 Å². The molecule has 3 rings (SSSR count). The summed E-state index contributed by atoms with van der Waals surface area (Å²) in [7, 11) is 0. The highest BCUT2D eigenvalue weighted by Gasteiger charge is 2.45. The van der Waals surface area contributed by atoms with Gasteiger partial charge in [-0.05, 0) is 53.7 Å². The van der Waals surface area contributed by atoms with Gasteiger partial charge in [-0.2, -0.15) is 0 Å². The topological polar surface area (TPSA) is 88.8 Å². The Kier molecular flexibility index (Phi) is 4.79. The molecule has 0 saturated carbocycles. The number of carbonyl (C=O) groups excluding carboxylic acids is 3. The van der Waals surface area contributed by atoms with Crippen LogP contribution in [0.15, 0.2) is 28.7 Å². The Morgan fingerprint density at radius 3 is 2.39 bits per heavy atom. The fourth-order valence-corrected chi connectivity index (χ4v) is 3.39. The molecule has 0 unspecified atom stereocenters. The summed E-state index contributed by atoms with van der Waals surface area (Å²) < 4.78 is 10.9. The second kappa shape index (κ2) is 6.82. The average molecular weight is 384 g/mol. The van der Waals surface area contributed by atoms with E-state index in [1.807, 2.05) is 0 Å². The number of para-hydroxylation sites is 2. The fraction of sp³-hybridized carbons (Fsp3) is 0.381. The van der Waals surface area contributed by atoms with Crippen LogP contribution in [-0.2, 0) is 14.3 Å². The van der Waals surface area contributed by atoms with E-state index in [-0.39, 0.29) is 5.91 Å². The third kappa shape index (κ3) is 3.06. The van der Waals surface area contributed by atoms with Crippen LogP contribution in [0.3, 0.4) is 0 Å². The van der Waals surface area contributed by atoms with Gasteiger partial charge in [0.1, 0.15) is 22.6 Å². The number of esters is 1. The van der Waals surface area contributed by atoms with E-state index in [0.29, 0.717) is 34.0 Å². The van der Waals surface area contributed by atoms with Gasteiger partial charge in [-0.25, -0.2) is 4.79 Å². The summed E-state index contributed by atoms with van der Waals surface area (Å²) >= 11 is 0. The highest BCUT2D eigenvalue weighted by molar-refractivity contribution is 6.15. The van der Waals surface area contributed by atoms with Crippen molar-refractivity contribution in [3.05, 3.63) is 46.9 Å². The standard InChI is InChI=1S/C21H24N2O5/c1-11-12(2)27-13(3)17(11)19(25)28-14(4)18(24)23-16-10-8-7-9-15(16)22-20(26)21(23,5)6/h7-10,14H,1-6H3,(H,22,26)/t14-/m0/s1. The Morgan fingerprint density at radius 2 is 1.79 bits per heavy atom. The van der Waals surface area contributed by atoms with E-state index in [2.05, 4.69) is 5.32 Å². The van der Waals surface area contributed by atoms with Gasteiger partial charge >= 0.3 is 5.97 Å². The molecule has 2 heterocycles. The minimum atomic E-state index is -1.13. The normalized spacial score (nSPS) is 16.2. The molecule has 0 radical (unpaired) electrons. The van der Waals surface area contributed by atoms with Crippen molar-refractivity contribution in [2.75, 3.05) is 10.2 Å². The van der Waals surface area contributed by atoms with Crippen molar-refractivity contribution >= 4 is 29.2 Å². The summed E-state index contributed by atoms with van der Waals surface area (Å²) in [4.78, 5) is 39.8. The molecule has 0 saturated heterocycles. The van der Waals surface area contributed by atoms with Crippen molar-refractivity contribution in [2.24, 2.45) is 0 Å². The van der Waals surface area contributed by atoms with Crippen LogP contribution in [-0.4, -0.2) is 29.4 Å². The van der Waals surface area contributed by atoms with E-state index in [9.17, 15) is 14.4 Å². The predicted molar refractivity (Wildman–Crippen MR) is 104 cm³/mol. The number of amides is 2. The molecule has 0 spiro atoms. The van der Waals surface area contributed by atoms with Crippen LogP contribution < -0.4 is 10.2 Å². The van der Waals surface area contributed by atoms with Gasteiger partial charge in [-0.3, -0.25) is 14.5 Å². The average Bonchev–Trinajstić information content (AvgIpc) is 2.87. The van der Waals surface area contributed by atoms with Gasteiger partial charge in [0.25, 0.3) is 5.91 Å². The van der Waals surface area contributed by atoms with E-state index >= 15 is 0 Å². The van der Waals surface area contributed by atoms with Crippen LogP contribution in [0.1, 0.15) is 48.2 Å². The van der Waals surface area contributed by atoms with Crippen LogP contribution in [0.2, 0.25) is 0 Å². The largest absolute Gasteiger partial charge is 0.465 e. The number of hydrogen-bond donors (Lipinski definition) is 1. The maximum atomic E-state index is 13.2. The summed E-state index contributed by atoms with van der Waals surface area (Å²) in [5, 5.41) is 2.81. The Bertz CT molecular complexity index is 973. The van der Waals surface area contributed by atoms with Crippen LogP contribution in [0.4, 0.5) is 11.4 Å². The molecule has 1 aliphatic heterocycles. The number of fused-ring (bicyclic) bond motifs is 1. The molecule has 1 aliphatic rings. The summed E-state index contributed by atoms with van der Waals surface area (Å²) in [6.45, 7) is 10.0. The van der Waals surface area contributed by atoms with Crippen molar-refractivity contribution in [2.45, 2.75) is 53.2 Å². The molecular formula is C21H24N2O5. The smallest absolute Gasteiger partial charge is 0.342 e. The highest BCUT2D eigenvalue weighted by atomic mass is 16.5. The molecule has 0 fully saturated rings. The van der Waals surface area contributed by atoms with Gasteiger partial charge in [-0.15, -0.1) is 0 Å². The van der Waals surface area contributed by atoms with Crippen LogP contribution in [0.25, 0.3) is 0 Å². The Morgan fingerprint density at radius 1 is 1.14 bits per heavy atom. The summed E-state index contributed by atoms with van der Waals surface area (Å²) in [5.74, 6) is -0.333. The number of aryl methyl sites for hydroxylation is 2. The number of furan rings is 1. The second-order valence-electron chi connectivity index (χ2n) is 7.47. The lowest BCUT2D eigenvalue weighted by Crippen LogP contribution is -2.60. The summed E-state index contributed by atoms with van der Waals surface area (Å²) in [6.07, 6.45) is -1.08. The summed E-state index contributed by atoms with van der Waals surface area (Å²) in [5.41, 5.74) is 0.977. The zero-order valence-corrected chi connectivity index (χ0v) is 16.9. The van der Waals surface area contributed by atoms with Gasteiger partial charge in [0.15, 0.2) is 6.10 Å². The van der Waals surface area contributed by atoms with Crippen molar-refractivity contribution in [1.29, 1.82) is 0 Å². The van der Waals surface area contributed by atoms with E-state index in [0.717, 1.165) is 0 Å². The third-order valence-electron chi connectivity index (χ3n) is 5.13. The highest BCUT2D eigenvalue weighted by Crippen LogP contribution is 2.37. The number of hydrogen-bond acceptors (Lipinski definition) is 5. The quantitative estimate of drug-likeness (QED) is 0.818. The van der Waals surface area contributed by atoms with E-state index in [4.69, 9.17) is 9.15 Å². The Balaban J connectivity index is 1.90. The molecule has 1 atom stereocenters. The number of nitrogens with one attached hydrogen (secondary N) is 1. The number of rotatable bonds is 3. The summed E-state index contributed by atoms with van der Waals surface area (Å²) in [6, 6.07) is 7.03. The minimum Gasteiger partial charge on any atom is -0.465 e. The lowest BCUT2D eigenvalue weighted by atomic mass is 9.95. The van der Waals surface area contributed by atoms with E-state index in [1.165, 1.54) is 11.8 Å². The van der Waals surface area contributed by atoms with E-state index < -0.39 is 23.5 Å². The Hall–Kier alpha value is -3.09. The second-order valence-corrected chi connectivity index (χ2v) is 7.47. The van der Waals surface area contributed by atoms with Crippen molar-refractivity contribution in [1.82, 2.24) is 0 Å². The monoisotopic (exact) mass is 384 g/mol. The molecule has 7 heteroatoms. The maximum absolute atomic E-state index is 13.2. The number of nitrogens with zero attached hydrogens (tertiary/aromatic N) is 1. The molecule has 0 aliphatic carbocycles. The maximum Gasteiger partial charge on any atom is 0.342 e. The molecule has 2 amide bonds. The molecule has 7 nitrogen and oxygen atoms in total. The number of anilines is 2. The molecule has 1 N–H and O–H groups in total. The van der Waals surface area contributed by atoms with Crippen molar-refractivity contribution in [3.63, 3.8) is 0 Å². The molecule has 1 aromatic heterocycles. The molecule has 2 aromatic rings. The Labute approximate surface area is 163 Å². The fourth-order valence-electron chi connectivity index (χ4n) is 3.39. The molecule has 148 valence electrons. The first-order valence-corrected chi connectivity index (χ1v) is 9.07. The first kappa shape index (κ1) is 19.7. The molecule has 1 aromatic carbocycles. The lowest BCUT2D eigenvalue weighted by Gasteiger charge is -2.42. The van der Waals surface area contributed by atoms with Crippen LogP contribution >= 0.6 is 0 Å². The van der Waals surface area contributed by atoms with Gasteiger partial charge in [0, 0.05) is 5.56 Å². The van der Waals surface area contributed by atoms with Crippen molar-refractivity contribution in [3.8, 4) is 0 Å². The van der Waals surface area contributed by atoms with E-state index in [1.54, 1.807) is 58.9 Å². The van der Waals surface area contributed by atoms with Gasteiger partial charge in [0.2, 0.25) is 5.91 Å². The third-order valence-corrected chi connectivity index (χ3v) is 5.13. The minimum absolute atomic E-state index is 0.310. The number of benzene rings is 1. The van der Waals surface area contributed by atoms with Crippen LogP contribution in [0, 0.1) is 20.8 Å². The number of carbonyl (C=O) groups is 3. The molecule has 0 bridgehead atoms.